The van der Waals surface area contributed by atoms with Crippen LogP contribution < -0.4 is 16.1 Å². The lowest BCUT2D eigenvalue weighted by atomic mass is 9.87. The van der Waals surface area contributed by atoms with E-state index < -0.39 is 11.2 Å². The zero-order valence-electron chi connectivity index (χ0n) is 13.0. The molecule has 0 N–H and O–H groups in total. The second-order valence-electron chi connectivity index (χ2n) is 6.11. The van der Waals surface area contributed by atoms with E-state index in [1.807, 2.05) is 6.07 Å². The fourth-order valence-electron chi connectivity index (χ4n) is 3.79. The van der Waals surface area contributed by atoms with Gasteiger partial charge in [-0.05, 0) is 25.7 Å². The summed E-state index contributed by atoms with van der Waals surface area (Å²) in [6, 6.07) is 2.01. The van der Waals surface area contributed by atoms with Gasteiger partial charge in [-0.2, -0.15) is 5.26 Å². The van der Waals surface area contributed by atoms with Crippen molar-refractivity contribution in [2.24, 2.45) is 14.1 Å². The van der Waals surface area contributed by atoms with E-state index in [4.69, 9.17) is 4.74 Å². The summed E-state index contributed by atoms with van der Waals surface area (Å²) in [6.45, 7) is 2.11. The maximum absolute atomic E-state index is 12.3. The van der Waals surface area contributed by atoms with Crippen molar-refractivity contribution < 1.29 is 4.74 Å². The standard InChI is InChI=1S/C15H20N4O3/c1-17-12(11(10-16)13(20)18(2)14(17)21)19-7-3-4-15(19)5-8-22-9-6-15/h3-9H2,1-2H3. The molecule has 3 rings (SSSR count). The van der Waals surface area contributed by atoms with Gasteiger partial charge in [0.1, 0.15) is 11.9 Å². The van der Waals surface area contributed by atoms with E-state index in [2.05, 4.69) is 4.90 Å². The molecule has 0 radical (unpaired) electrons. The molecule has 0 amide bonds. The Morgan fingerprint density at radius 1 is 1.14 bits per heavy atom. The van der Waals surface area contributed by atoms with E-state index >= 15 is 0 Å². The largest absolute Gasteiger partial charge is 0.381 e. The first-order valence-corrected chi connectivity index (χ1v) is 7.57. The van der Waals surface area contributed by atoms with Crippen LogP contribution in [0, 0.1) is 11.3 Å². The minimum atomic E-state index is -0.519. The third-order valence-corrected chi connectivity index (χ3v) is 5.02. The number of nitriles is 1. The molecule has 118 valence electrons. The van der Waals surface area contributed by atoms with Crippen LogP contribution in [0.15, 0.2) is 9.59 Å². The fourth-order valence-corrected chi connectivity index (χ4v) is 3.79. The summed E-state index contributed by atoms with van der Waals surface area (Å²) < 4.78 is 7.90. The molecule has 1 aromatic rings. The summed E-state index contributed by atoms with van der Waals surface area (Å²) in [7, 11) is 3.03. The first-order valence-electron chi connectivity index (χ1n) is 7.57. The Labute approximate surface area is 128 Å². The Bertz CT molecular complexity index is 750. The molecule has 0 unspecified atom stereocenters. The van der Waals surface area contributed by atoms with E-state index in [0.717, 1.165) is 36.8 Å². The number of nitrogens with zero attached hydrogens (tertiary/aromatic N) is 4. The first kappa shape index (κ1) is 14.9. The number of ether oxygens (including phenoxy) is 1. The first-order chi connectivity index (χ1) is 10.5. The maximum Gasteiger partial charge on any atom is 0.332 e. The Hall–Kier alpha value is -2.07. The second kappa shape index (κ2) is 5.29. The van der Waals surface area contributed by atoms with Crippen molar-refractivity contribution in [1.29, 1.82) is 5.26 Å². The van der Waals surface area contributed by atoms with Crippen molar-refractivity contribution in [3.05, 3.63) is 26.4 Å². The smallest absolute Gasteiger partial charge is 0.332 e. The van der Waals surface area contributed by atoms with Gasteiger partial charge >= 0.3 is 5.69 Å². The van der Waals surface area contributed by atoms with Crippen LogP contribution in [-0.4, -0.2) is 34.4 Å². The highest BCUT2D eigenvalue weighted by Gasteiger charge is 2.44. The summed E-state index contributed by atoms with van der Waals surface area (Å²) in [5.74, 6) is 0.468. The van der Waals surface area contributed by atoms with E-state index in [-0.39, 0.29) is 11.1 Å². The normalized spacial score (nSPS) is 20.3. The molecule has 2 saturated heterocycles. The summed E-state index contributed by atoms with van der Waals surface area (Å²) in [4.78, 5) is 26.7. The predicted octanol–water partition coefficient (Wildman–Crippen LogP) is 0.105. The molecule has 2 aliphatic rings. The van der Waals surface area contributed by atoms with Gasteiger partial charge in [-0.15, -0.1) is 0 Å². The lowest BCUT2D eigenvalue weighted by molar-refractivity contribution is 0.0541. The molecule has 0 saturated carbocycles. The third kappa shape index (κ3) is 1.98. The van der Waals surface area contributed by atoms with Crippen LogP contribution in [0.3, 0.4) is 0 Å². The van der Waals surface area contributed by atoms with Crippen LogP contribution >= 0.6 is 0 Å². The van der Waals surface area contributed by atoms with Crippen LogP contribution in [0.4, 0.5) is 5.82 Å². The summed E-state index contributed by atoms with van der Waals surface area (Å²) in [6.07, 6.45) is 3.72. The van der Waals surface area contributed by atoms with Crippen LogP contribution in [0.2, 0.25) is 0 Å². The zero-order valence-corrected chi connectivity index (χ0v) is 13.0. The van der Waals surface area contributed by atoms with Crippen molar-refractivity contribution in [3.8, 4) is 6.07 Å². The summed E-state index contributed by atoms with van der Waals surface area (Å²) in [5, 5.41) is 9.46. The average molecular weight is 304 g/mol. The Morgan fingerprint density at radius 3 is 2.45 bits per heavy atom. The fraction of sp³-hybridized carbons (Fsp3) is 0.667. The van der Waals surface area contributed by atoms with E-state index in [9.17, 15) is 14.9 Å². The summed E-state index contributed by atoms with van der Waals surface area (Å²) in [5.41, 5.74) is -0.958. The molecule has 0 atom stereocenters. The van der Waals surface area contributed by atoms with Gasteiger partial charge in [-0.1, -0.05) is 0 Å². The van der Waals surface area contributed by atoms with Gasteiger partial charge in [0.25, 0.3) is 5.56 Å². The third-order valence-electron chi connectivity index (χ3n) is 5.02. The molecule has 0 aliphatic carbocycles. The van der Waals surface area contributed by atoms with Gasteiger partial charge in [-0.25, -0.2) is 4.79 Å². The Balaban J connectivity index is 2.22. The second-order valence-corrected chi connectivity index (χ2v) is 6.11. The molecule has 0 bridgehead atoms. The Morgan fingerprint density at radius 2 is 1.82 bits per heavy atom. The maximum atomic E-state index is 12.3. The van der Waals surface area contributed by atoms with E-state index in [1.165, 1.54) is 11.6 Å². The molecule has 1 aromatic heterocycles. The molecule has 2 aliphatic heterocycles. The zero-order chi connectivity index (χ0) is 15.9. The monoisotopic (exact) mass is 304 g/mol. The van der Waals surface area contributed by atoms with Gasteiger partial charge in [0.05, 0.1) is 0 Å². The van der Waals surface area contributed by atoms with Gasteiger partial charge in [-0.3, -0.25) is 13.9 Å². The Kier molecular flexibility index (Phi) is 3.57. The predicted molar refractivity (Wildman–Crippen MR) is 81.0 cm³/mol. The van der Waals surface area contributed by atoms with Crippen molar-refractivity contribution in [2.75, 3.05) is 24.7 Å². The number of aromatic nitrogens is 2. The molecule has 7 nitrogen and oxygen atoms in total. The van der Waals surface area contributed by atoms with Gasteiger partial charge in [0.2, 0.25) is 0 Å². The van der Waals surface area contributed by atoms with E-state index in [1.54, 1.807) is 7.05 Å². The van der Waals surface area contributed by atoms with E-state index in [0.29, 0.717) is 19.0 Å². The highest BCUT2D eigenvalue weighted by atomic mass is 16.5. The summed E-state index contributed by atoms with van der Waals surface area (Å²) >= 11 is 0. The SMILES string of the molecule is Cn1c(N2CCCC23CCOCC3)c(C#N)c(=O)n(C)c1=O. The van der Waals surface area contributed by atoms with Gasteiger partial charge in [0, 0.05) is 39.4 Å². The van der Waals surface area contributed by atoms with Gasteiger partial charge < -0.3 is 9.64 Å². The molecular weight excluding hydrogens is 284 g/mol. The molecule has 1 spiro atoms. The number of anilines is 1. The van der Waals surface area contributed by atoms with Crippen LogP contribution in [0.25, 0.3) is 0 Å². The molecular formula is C15H20N4O3. The topological polar surface area (TPSA) is 80.3 Å². The molecule has 2 fully saturated rings. The molecule has 3 heterocycles. The van der Waals surface area contributed by atoms with Crippen molar-refractivity contribution in [1.82, 2.24) is 9.13 Å². The lowest BCUT2D eigenvalue weighted by Crippen LogP contribution is -2.52. The lowest BCUT2D eigenvalue weighted by Gasteiger charge is -2.43. The van der Waals surface area contributed by atoms with Crippen LogP contribution in [0.5, 0.6) is 0 Å². The van der Waals surface area contributed by atoms with Crippen molar-refractivity contribution in [3.63, 3.8) is 0 Å². The minimum Gasteiger partial charge on any atom is -0.381 e. The minimum absolute atomic E-state index is 0.0531. The molecule has 0 aromatic carbocycles. The highest BCUT2D eigenvalue weighted by Crippen LogP contribution is 2.41. The molecule has 22 heavy (non-hydrogen) atoms. The number of hydrogen-bond donors (Lipinski definition) is 0. The quantitative estimate of drug-likeness (QED) is 0.735. The van der Waals surface area contributed by atoms with Crippen LogP contribution in [0.1, 0.15) is 31.2 Å². The van der Waals surface area contributed by atoms with Gasteiger partial charge in [0.15, 0.2) is 5.56 Å². The van der Waals surface area contributed by atoms with Crippen LogP contribution in [-0.2, 0) is 18.8 Å². The number of hydrogen-bond acceptors (Lipinski definition) is 5. The average Bonchev–Trinajstić information content (AvgIpc) is 2.92. The highest BCUT2D eigenvalue weighted by molar-refractivity contribution is 5.56. The van der Waals surface area contributed by atoms with Crippen molar-refractivity contribution in [2.45, 2.75) is 31.2 Å². The number of rotatable bonds is 1. The van der Waals surface area contributed by atoms with Crippen molar-refractivity contribution >= 4 is 5.82 Å². The molecule has 7 heteroatoms.